The zero-order chi connectivity index (χ0) is 13.1. The van der Waals surface area contributed by atoms with E-state index in [0.717, 1.165) is 31.1 Å². The van der Waals surface area contributed by atoms with Crippen LogP contribution >= 0.6 is 11.3 Å². The van der Waals surface area contributed by atoms with Crippen LogP contribution < -0.4 is 10.2 Å². The summed E-state index contributed by atoms with van der Waals surface area (Å²) >= 11 is 1.67. The fourth-order valence-electron chi connectivity index (χ4n) is 3.19. The SMILES string of the molecule is O=C(CC1CCCC1)N[C@@H]1CCN(c2nccs2)C1. The summed E-state index contributed by atoms with van der Waals surface area (Å²) in [6, 6.07) is 0.304. The summed E-state index contributed by atoms with van der Waals surface area (Å²) in [6.45, 7) is 1.91. The Bertz CT molecular complexity index is 414. The maximum atomic E-state index is 12.0. The lowest BCUT2D eigenvalue weighted by atomic mass is 10.0. The lowest BCUT2D eigenvalue weighted by molar-refractivity contribution is -0.122. The minimum absolute atomic E-state index is 0.248. The summed E-state index contributed by atoms with van der Waals surface area (Å²) in [5.74, 6) is 0.884. The summed E-state index contributed by atoms with van der Waals surface area (Å²) in [7, 11) is 0. The smallest absolute Gasteiger partial charge is 0.220 e. The maximum absolute atomic E-state index is 12.0. The molecule has 0 spiro atoms. The van der Waals surface area contributed by atoms with Gasteiger partial charge in [0.2, 0.25) is 5.91 Å². The average Bonchev–Trinajstić information content (AvgIpc) is 3.09. The average molecular weight is 279 g/mol. The van der Waals surface area contributed by atoms with Crippen molar-refractivity contribution in [2.75, 3.05) is 18.0 Å². The molecular formula is C14H21N3OS. The van der Waals surface area contributed by atoms with Gasteiger partial charge < -0.3 is 10.2 Å². The molecule has 1 aromatic rings. The highest BCUT2D eigenvalue weighted by molar-refractivity contribution is 7.13. The third-order valence-electron chi connectivity index (χ3n) is 4.19. The monoisotopic (exact) mass is 279 g/mol. The molecule has 0 aromatic carbocycles. The van der Waals surface area contributed by atoms with E-state index in [4.69, 9.17) is 0 Å². The van der Waals surface area contributed by atoms with Gasteiger partial charge in [-0.25, -0.2) is 4.98 Å². The normalized spacial score (nSPS) is 24.0. The number of anilines is 1. The first-order valence-corrected chi connectivity index (χ1v) is 8.13. The number of rotatable bonds is 4. The van der Waals surface area contributed by atoms with Crippen LogP contribution in [-0.2, 0) is 4.79 Å². The number of aromatic nitrogens is 1. The molecule has 4 nitrogen and oxygen atoms in total. The second-order valence-electron chi connectivity index (χ2n) is 5.67. The summed E-state index contributed by atoms with van der Waals surface area (Å²) in [6.07, 6.45) is 8.70. The van der Waals surface area contributed by atoms with E-state index >= 15 is 0 Å². The van der Waals surface area contributed by atoms with Crippen LogP contribution in [0.5, 0.6) is 0 Å². The van der Waals surface area contributed by atoms with Gasteiger partial charge >= 0.3 is 0 Å². The molecule has 2 fully saturated rings. The zero-order valence-corrected chi connectivity index (χ0v) is 12.0. The second kappa shape index (κ2) is 5.90. The molecule has 0 radical (unpaired) electrons. The van der Waals surface area contributed by atoms with Gasteiger partial charge in [0.25, 0.3) is 0 Å². The topological polar surface area (TPSA) is 45.2 Å². The molecule has 1 amide bonds. The predicted octanol–water partition coefficient (Wildman–Crippen LogP) is 2.42. The third-order valence-corrected chi connectivity index (χ3v) is 5.02. The van der Waals surface area contributed by atoms with Crippen molar-refractivity contribution in [1.29, 1.82) is 0 Å². The Morgan fingerprint density at radius 1 is 1.42 bits per heavy atom. The Kier molecular flexibility index (Phi) is 4.01. The number of amides is 1. The molecule has 0 bridgehead atoms. The van der Waals surface area contributed by atoms with Gasteiger partial charge in [-0.15, -0.1) is 11.3 Å². The van der Waals surface area contributed by atoms with E-state index in [1.54, 1.807) is 11.3 Å². The first-order chi connectivity index (χ1) is 9.31. The molecule has 1 atom stereocenters. The molecule has 1 aliphatic carbocycles. The lowest BCUT2D eigenvalue weighted by Crippen LogP contribution is -2.37. The van der Waals surface area contributed by atoms with E-state index in [-0.39, 0.29) is 5.91 Å². The van der Waals surface area contributed by atoms with E-state index in [0.29, 0.717) is 12.0 Å². The van der Waals surface area contributed by atoms with Crippen molar-refractivity contribution in [2.45, 2.75) is 44.6 Å². The van der Waals surface area contributed by atoms with Crippen LogP contribution in [0.15, 0.2) is 11.6 Å². The van der Waals surface area contributed by atoms with Crippen molar-refractivity contribution >= 4 is 22.4 Å². The molecule has 5 heteroatoms. The van der Waals surface area contributed by atoms with Gasteiger partial charge in [-0.05, 0) is 25.2 Å². The molecule has 0 unspecified atom stereocenters. The first kappa shape index (κ1) is 12.9. The van der Waals surface area contributed by atoms with Gasteiger partial charge in [-0.3, -0.25) is 4.79 Å². The van der Waals surface area contributed by atoms with Crippen LogP contribution in [0.1, 0.15) is 38.5 Å². The molecule has 19 heavy (non-hydrogen) atoms. The molecule has 2 heterocycles. The zero-order valence-electron chi connectivity index (χ0n) is 11.2. The standard InChI is InChI=1S/C14H21N3OS/c18-13(9-11-3-1-2-4-11)16-12-5-7-17(10-12)14-15-6-8-19-14/h6,8,11-12H,1-5,7,9-10H2,(H,16,18)/t12-/m1/s1. The van der Waals surface area contributed by atoms with Crippen molar-refractivity contribution in [3.05, 3.63) is 11.6 Å². The highest BCUT2D eigenvalue weighted by Crippen LogP contribution is 2.27. The first-order valence-electron chi connectivity index (χ1n) is 7.25. The van der Waals surface area contributed by atoms with Gasteiger partial charge in [-0.1, -0.05) is 12.8 Å². The van der Waals surface area contributed by atoms with E-state index in [9.17, 15) is 4.79 Å². The number of hydrogen-bond donors (Lipinski definition) is 1. The van der Waals surface area contributed by atoms with E-state index in [2.05, 4.69) is 15.2 Å². The Hall–Kier alpha value is -1.10. The molecule has 1 saturated heterocycles. The highest BCUT2D eigenvalue weighted by Gasteiger charge is 2.26. The minimum Gasteiger partial charge on any atom is -0.352 e. The van der Waals surface area contributed by atoms with E-state index < -0.39 is 0 Å². The van der Waals surface area contributed by atoms with E-state index in [1.807, 2.05) is 11.6 Å². The molecular weight excluding hydrogens is 258 g/mol. The van der Waals surface area contributed by atoms with Crippen molar-refractivity contribution in [1.82, 2.24) is 10.3 Å². The Morgan fingerprint density at radius 3 is 3.00 bits per heavy atom. The van der Waals surface area contributed by atoms with Gasteiger partial charge in [0.15, 0.2) is 5.13 Å². The number of carbonyl (C=O) groups is 1. The minimum atomic E-state index is 0.248. The van der Waals surface area contributed by atoms with Gasteiger partial charge in [0, 0.05) is 37.1 Å². The second-order valence-corrected chi connectivity index (χ2v) is 6.54. The summed E-state index contributed by atoms with van der Waals surface area (Å²) in [5.41, 5.74) is 0. The van der Waals surface area contributed by atoms with Crippen molar-refractivity contribution in [3.63, 3.8) is 0 Å². The van der Waals surface area contributed by atoms with Crippen LogP contribution in [-0.4, -0.2) is 30.0 Å². The lowest BCUT2D eigenvalue weighted by Gasteiger charge is -2.16. The summed E-state index contributed by atoms with van der Waals surface area (Å²) in [5, 5.41) is 6.27. The van der Waals surface area contributed by atoms with Crippen LogP contribution in [0.3, 0.4) is 0 Å². The van der Waals surface area contributed by atoms with Gasteiger partial charge in [0.05, 0.1) is 0 Å². The molecule has 2 aliphatic rings. The van der Waals surface area contributed by atoms with Crippen LogP contribution in [0, 0.1) is 5.92 Å². The Morgan fingerprint density at radius 2 is 2.26 bits per heavy atom. The van der Waals surface area contributed by atoms with Crippen molar-refractivity contribution in [3.8, 4) is 0 Å². The molecule has 1 saturated carbocycles. The fourth-order valence-corrected chi connectivity index (χ4v) is 3.87. The predicted molar refractivity (Wildman–Crippen MR) is 77.4 cm³/mol. The van der Waals surface area contributed by atoms with Crippen molar-refractivity contribution < 1.29 is 4.79 Å². The highest BCUT2D eigenvalue weighted by atomic mass is 32.1. The largest absolute Gasteiger partial charge is 0.352 e. The number of nitrogens with one attached hydrogen (secondary N) is 1. The number of thiazole rings is 1. The molecule has 1 aliphatic heterocycles. The number of carbonyl (C=O) groups excluding carboxylic acids is 1. The maximum Gasteiger partial charge on any atom is 0.220 e. The number of hydrogen-bond acceptors (Lipinski definition) is 4. The molecule has 1 aromatic heterocycles. The van der Waals surface area contributed by atoms with Crippen LogP contribution in [0.25, 0.3) is 0 Å². The molecule has 104 valence electrons. The van der Waals surface area contributed by atoms with Gasteiger partial charge in [-0.2, -0.15) is 0 Å². The number of nitrogens with zero attached hydrogens (tertiary/aromatic N) is 2. The van der Waals surface area contributed by atoms with Crippen LogP contribution in [0.4, 0.5) is 5.13 Å². The summed E-state index contributed by atoms with van der Waals surface area (Å²) in [4.78, 5) is 18.6. The third kappa shape index (κ3) is 3.26. The van der Waals surface area contributed by atoms with Crippen LogP contribution in [0.2, 0.25) is 0 Å². The molecule has 1 N–H and O–H groups in total. The Labute approximate surface area is 118 Å². The summed E-state index contributed by atoms with van der Waals surface area (Å²) < 4.78 is 0. The van der Waals surface area contributed by atoms with Crippen molar-refractivity contribution in [2.24, 2.45) is 5.92 Å². The quantitative estimate of drug-likeness (QED) is 0.920. The van der Waals surface area contributed by atoms with E-state index in [1.165, 1.54) is 25.7 Å². The van der Waals surface area contributed by atoms with Gasteiger partial charge in [0.1, 0.15) is 0 Å². The molecule has 3 rings (SSSR count). The Balaban J connectivity index is 1.45. The fraction of sp³-hybridized carbons (Fsp3) is 0.714.